The average Bonchev–Trinajstić information content (AvgIpc) is 2.89. The van der Waals surface area contributed by atoms with Gasteiger partial charge in [-0.15, -0.1) is 0 Å². The van der Waals surface area contributed by atoms with Crippen molar-refractivity contribution in [2.24, 2.45) is 0 Å². The van der Waals surface area contributed by atoms with Gasteiger partial charge in [0.15, 0.2) is 0 Å². The van der Waals surface area contributed by atoms with Crippen molar-refractivity contribution in [2.75, 3.05) is 39.6 Å². The third-order valence-electron chi connectivity index (χ3n) is 5.64. The van der Waals surface area contributed by atoms with Crippen LogP contribution in [0.3, 0.4) is 0 Å². The summed E-state index contributed by atoms with van der Waals surface area (Å²) < 4.78 is 28.6. The Bertz CT molecular complexity index is 1010. The number of carboxylic acid groups (broad SMARTS) is 1. The summed E-state index contributed by atoms with van der Waals surface area (Å²) in [5.41, 5.74) is 0.792. The third kappa shape index (κ3) is 10.8. The van der Waals surface area contributed by atoms with E-state index in [9.17, 15) is 14.7 Å². The van der Waals surface area contributed by atoms with Crippen LogP contribution in [0.25, 0.3) is 16.8 Å². The molecule has 1 amide bonds. The molecule has 0 saturated heterocycles. The van der Waals surface area contributed by atoms with Crippen molar-refractivity contribution in [3.63, 3.8) is 0 Å². The Kier molecular flexibility index (Phi) is 14.5. The molecule has 0 bridgehead atoms. The second-order valence-electron chi connectivity index (χ2n) is 8.41. The first kappa shape index (κ1) is 31.3. The Morgan fingerprint density at radius 2 is 1.50 bits per heavy atom. The Morgan fingerprint density at radius 1 is 0.868 bits per heavy atom. The van der Waals surface area contributed by atoms with E-state index in [-0.39, 0.29) is 0 Å². The maximum atomic E-state index is 12.0. The molecule has 0 saturated carbocycles. The zero-order chi connectivity index (χ0) is 27.6. The van der Waals surface area contributed by atoms with Gasteiger partial charge in [-0.3, -0.25) is 0 Å². The van der Waals surface area contributed by atoms with E-state index in [1.54, 1.807) is 0 Å². The topological polar surface area (TPSA) is 115 Å². The number of carbonyl (C=O) groups is 2. The molecule has 2 rings (SSSR count). The van der Waals surface area contributed by atoms with Crippen LogP contribution in [-0.4, -0.2) is 60.4 Å². The predicted molar refractivity (Wildman–Crippen MR) is 147 cm³/mol. The van der Waals surface area contributed by atoms with Gasteiger partial charge in [-0.2, -0.15) is 0 Å². The number of unbranched alkanes of at least 4 members (excludes halogenated alkanes) is 3. The number of carboxylic acids is 1. The molecule has 0 spiro atoms. The Labute approximate surface area is 226 Å². The van der Waals surface area contributed by atoms with Crippen LogP contribution in [0.1, 0.15) is 52.0 Å². The summed E-state index contributed by atoms with van der Waals surface area (Å²) in [5.74, 6) is -0.471. The van der Waals surface area contributed by atoms with E-state index in [0.717, 1.165) is 53.8 Å². The van der Waals surface area contributed by atoms with Crippen molar-refractivity contribution in [2.45, 2.75) is 52.5 Å². The first-order valence-electron chi connectivity index (χ1n) is 13.3. The third-order valence-corrected chi connectivity index (χ3v) is 8.69. The first-order valence-corrected chi connectivity index (χ1v) is 15.2. The molecule has 210 valence electrons. The van der Waals surface area contributed by atoms with Gasteiger partial charge in [-0.25, -0.2) is 4.79 Å². The summed E-state index contributed by atoms with van der Waals surface area (Å²) >= 11 is 0. The molecule has 0 fully saturated rings. The van der Waals surface area contributed by atoms with Gasteiger partial charge >= 0.3 is 14.9 Å². The fourth-order valence-corrected chi connectivity index (χ4v) is 6.43. The number of hydrogen-bond donors (Lipinski definition) is 1. The molecule has 10 heteroatoms. The number of carbonyl (C=O) groups excluding carboxylic acids is 2. The van der Waals surface area contributed by atoms with Crippen molar-refractivity contribution in [3.8, 4) is 5.75 Å². The number of ether oxygens (including phenoxy) is 2. The molecule has 0 aliphatic rings. The normalized spacial score (nSPS) is 11.7. The molecule has 0 heterocycles. The second kappa shape index (κ2) is 17.6. The number of aliphatic carboxylic acids is 1. The number of benzene rings is 2. The van der Waals surface area contributed by atoms with Gasteiger partial charge in [0.1, 0.15) is 5.75 Å². The highest BCUT2D eigenvalue weighted by molar-refractivity contribution is 6.60. The monoisotopic (exact) mass is 546 g/mol. The Morgan fingerprint density at radius 3 is 2.13 bits per heavy atom. The molecular formula is C28H40NO8Si-. The molecule has 0 atom stereocenters. The molecular weight excluding hydrogens is 506 g/mol. The number of amides is 1. The Balaban J connectivity index is 1.64. The lowest BCUT2D eigenvalue weighted by Gasteiger charge is -2.28. The predicted octanol–water partition coefficient (Wildman–Crippen LogP) is 4.32. The lowest BCUT2D eigenvalue weighted by Crippen LogP contribution is -2.48. The minimum atomic E-state index is -2.78. The van der Waals surface area contributed by atoms with Gasteiger partial charge in [0.2, 0.25) is 0 Å². The lowest BCUT2D eigenvalue weighted by molar-refractivity contribution is -0.297. The maximum absolute atomic E-state index is 12.0. The molecule has 9 nitrogen and oxygen atoms in total. The quantitative estimate of drug-likeness (QED) is 0.157. The maximum Gasteiger partial charge on any atom is 0.502 e. The van der Waals surface area contributed by atoms with Crippen molar-refractivity contribution in [3.05, 3.63) is 48.0 Å². The van der Waals surface area contributed by atoms with Crippen molar-refractivity contribution < 1.29 is 37.4 Å². The van der Waals surface area contributed by atoms with E-state index < -0.39 is 20.9 Å². The number of hydrogen-bond acceptors (Lipinski definition) is 8. The van der Waals surface area contributed by atoms with E-state index >= 15 is 0 Å². The van der Waals surface area contributed by atoms with E-state index in [1.807, 2.05) is 57.2 Å². The summed E-state index contributed by atoms with van der Waals surface area (Å²) in [7, 11) is -2.78. The molecule has 38 heavy (non-hydrogen) atoms. The molecule has 0 radical (unpaired) electrons. The van der Waals surface area contributed by atoms with Gasteiger partial charge in [-0.05, 0) is 69.5 Å². The van der Waals surface area contributed by atoms with Gasteiger partial charge in [0.25, 0.3) is 0 Å². The minimum absolute atomic E-state index is 0.350. The summed E-state index contributed by atoms with van der Waals surface area (Å²) in [4.78, 5) is 22.8. The molecule has 0 aliphatic heterocycles. The van der Waals surface area contributed by atoms with Crippen LogP contribution >= 0.6 is 0 Å². The molecule has 0 unspecified atom stereocenters. The van der Waals surface area contributed by atoms with Gasteiger partial charge in [-0.1, -0.05) is 36.4 Å². The smallest absolute Gasteiger partial charge is 0.502 e. The summed E-state index contributed by atoms with van der Waals surface area (Å²) in [6.45, 7) is 8.46. The van der Waals surface area contributed by atoms with Gasteiger partial charge in [0.05, 0.1) is 19.2 Å². The fourth-order valence-electron chi connectivity index (χ4n) is 4.00. The van der Waals surface area contributed by atoms with Crippen molar-refractivity contribution in [1.82, 2.24) is 5.32 Å². The zero-order valence-electron chi connectivity index (χ0n) is 22.7. The first-order chi connectivity index (χ1) is 18.4. The molecule has 1 N–H and O–H groups in total. The van der Waals surface area contributed by atoms with E-state index in [4.69, 9.17) is 22.8 Å². The van der Waals surface area contributed by atoms with Crippen LogP contribution in [0.2, 0.25) is 6.04 Å². The Hall–Kier alpha value is -2.92. The zero-order valence-corrected chi connectivity index (χ0v) is 23.7. The summed E-state index contributed by atoms with van der Waals surface area (Å²) in [6.07, 6.45) is 5.60. The van der Waals surface area contributed by atoms with E-state index in [0.29, 0.717) is 45.6 Å². The highest BCUT2D eigenvalue weighted by atomic mass is 28.4. The summed E-state index contributed by atoms with van der Waals surface area (Å²) in [6, 6.07) is 11.9. The fraction of sp³-hybridized carbons (Fsp3) is 0.500. The highest BCUT2D eigenvalue weighted by Gasteiger charge is 2.40. The van der Waals surface area contributed by atoms with Crippen LogP contribution < -0.4 is 15.2 Å². The van der Waals surface area contributed by atoms with Crippen LogP contribution in [0.5, 0.6) is 5.75 Å². The number of fused-ring (bicyclic) bond motifs is 1. The van der Waals surface area contributed by atoms with E-state index in [2.05, 4.69) is 5.32 Å². The largest absolute Gasteiger partial charge is 0.545 e. The molecule has 2 aromatic carbocycles. The van der Waals surface area contributed by atoms with E-state index in [1.165, 1.54) is 6.08 Å². The highest BCUT2D eigenvalue weighted by Crippen LogP contribution is 2.29. The van der Waals surface area contributed by atoms with Crippen LogP contribution in [0.4, 0.5) is 4.79 Å². The summed E-state index contributed by atoms with van der Waals surface area (Å²) in [5, 5.41) is 15.3. The van der Waals surface area contributed by atoms with Crippen molar-refractivity contribution >= 4 is 37.7 Å². The standard InChI is InChI=1S/C28H41NO8Si/c1-4-35-38(36-5-2,37-6-3)22-19-29-28(32)34-21-12-8-7-11-20-33-26-17-15-23(16-18-27(30)31)24-13-9-10-14-25(24)26/h9-10,13-18H,4-8,11-12,19-22H2,1-3H3,(H,29,32)(H,30,31)/p-1/b18-16+. The van der Waals surface area contributed by atoms with Gasteiger partial charge < -0.3 is 38.0 Å². The molecule has 2 aromatic rings. The second-order valence-corrected chi connectivity index (χ2v) is 11.1. The molecule has 0 aromatic heterocycles. The minimum Gasteiger partial charge on any atom is -0.545 e. The van der Waals surface area contributed by atoms with Crippen LogP contribution in [-0.2, 0) is 22.8 Å². The van der Waals surface area contributed by atoms with Crippen LogP contribution in [0.15, 0.2) is 42.5 Å². The number of alkyl carbamates (subject to hydrolysis) is 1. The van der Waals surface area contributed by atoms with Gasteiger partial charge in [0, 0.05) is 37.8 Å². The number of nitrogens with one attached hydrogen (secondary N) is 1. The lowest BCUT2D eigenvalue weighted by atomic mass is 10.0. The molecule has 0 aliphatic carbocycles. The SMILES string of the molecule is CCO[Si](CCNC(=O)OCCCCCCOc1ccc(/C=C/C(=O)[O-])c2ccccc12)(OCC)OCC. The average molecular weight is 547 g/mol. The van der Waals surface area contributed by atoms with Crippen molar-refractivity contribution in [1.29, 1.82) is 0 Å². The van der Waals surface area contributed by atoms with Crippen LogP contribution in [0, 0.1) is 0 Å². The number of rotatable bonds is 19.